The summed E-state index contributed by atoms with van der Waals surface area (Å²) in [6.45, 7) is 2.72. The summed E-state index contributed by atoms with van der Waals surface area (Å²) in [5.74, 6) is -0.935. The van der Waals surface area contributed by atoms with E-state index in [-0.39, 0.29) is 18.8 Å². The van der Waals surface area contributed by atoms with Gasteiger partial charge in [0, 0.05) is 50.6 Å². The number of nitrogens with zero attached hydrogens (tertiary/aromatic N) is 6. The maximum absolute atomic E-state index is 13.6. The van der Waals surface area contributed by atoms with Gasteiger partial charge in [0.2, 0.25) is 0 Å². The first-order chi connectivity index (χ1) is 20.9. The van der Waals surface area contributed by atoms with E-state index in [1.807, 2.05) is 0 Å². The van der Waals surface area contributed by atoms with Crippen molar-refractivity contribution in [3.05, 3.63) is 65.7 Å². The smallest absolute Gasteiger partial charge is 0.326 e. The SMILES string of the molecule is Cn1ncc2ncnc(NC(CCN(CCCCc3ccc4c(n3)NCCC4)CCOc3cc(F)cc(F)c3)C(=O)O)c21. The fourth-order valence-electron chi connectivity index (χ4n) is 5.23. The Kier molecular flexibility index (Phi) is 9.92. The number of carbonyl (C=O) groups is 1. The molecule has 0 radical (unpaired) electrons. The van der Waals surface area contributed by atoms with E-state index >= 15 is 0 Å². The number of aryl methyl sites for hydroxylation is 3. The first-order valence-corrected chi connectivity index (χ1v) is 14.5. The lowest BCUT2D eigenvalue weighted by Gasteiger charge is -2.25. The summed E-state index contributed by atoms with van der Waals surface area (Å²) in [5, 5.41) is 20.6. The van der Waals surface area contributed by atoms with Crippen molar-refractivity contribution in [3.63, 3.8) is 0 Å². The molecule has 0 bridgehead atoms. The van der Waals surface area contributed by atoms with E-state index in [1.54, 1.807) is 17.9 Å². The van der Waals surface area contributed by atoms with Crippen molar-refractivity contribution in [3.8, 4) is 5.75 Å². The van der Waals surface area contributed by atoms with Crippen LogP contribution in [0, 0.1) is 11.6 Å². The Labute approximate surface area is 248 Å². The predicted molar refractivity (Wildman–Crippen MR) is 158 cm³/mol. The van der Waals surface area contributed by atoms with Gasteiger partial charge in [0.1, 0.15) is 53.2 Å². The summed E-state index contributed by atoms with van der Waals surface area (Å²) in [5.41, 5.74) is 3.53. The lowest BCUT2D eigenvalue weighted by Crippen LogP contribution is -2.37. The van der Waals surface area contributed by atoms with Crippen LogP contribution in [0.1, 0.15) is 36.9 Å². The van der Waals surface area contributed by atoms with E-state index in [0.717, 1.165) is 68.4 Å². The average Bonchev–Trinajstić information content (AvgIpc) is 3.37. The molecule has 4 aromatic rings. The number of carboxylic acids is 1. The van der Waals surface area contributed by atoms with Gasteiger partial charge in [-0.15, -0.1) is 0 Å². The van der Waals surface area contributed by atoms with Crippen LogP contribution < -0.4 is 15.4 Å². The van der Waals surface area contributed by atoms with Crippen LogP contribution in [0.15, 0.2) is 42.9 Å². The van der Waals surface area contributed by atoms with Crippen LogP contribution in [-0.4, -0.2) is 79.5 Å². The fourth-order valence-corrected chi connectivity index (χ4v) is 5.23. The number of halogens is 2. The second-order valence-electron chi connectivity index (χ2n) is 10.6. The molecule has 1 atom stereocenters. The molecule has 1 aromatic carbocycles. The van der Waals surface area contributed by atoms with E-state index in [0.29, 0.717) is 36.5 Å². The molecule has 13 heteroatoms. The number of hydrogen-bond donors (Lipinski definition) is 3. The quantitative estimate of drug-likeness (QED) is 0.173. The third-order valence-corrected chi connectivity index (χ3v) is 7.49. The zero-order chi connectivity index (χ0) is 30.2. The first kappa shape index (κ1) is 30.1. The molecule has 43 heavy (non-hydrogen) atoms. The van der Waals surface area contributed by atoms with Crippen LogP contribution in [-0.2, 0) is 24.7 Å². The number of anilines is 2. The topological polar surface area (TPSA) is 130 Å². The van der Waals surface area contributed by atoms with Crippen molar-refractivity contribution in [1.29, 1.82) is 0 Å². The Balaban J connectivity index is 1.19. The Morgan fingerprint density at radius 2 is 2.00 bits per heavy atom. The second-order valence-corrected chi connectivity index (χ2v) is 10.6. The van der Waals surface area contributed by atoms with Gasteiger partial charge < -0.3 is 20.5 Å². The highest BCUT2D eigenvalue weighted by molar-refractivity contribution is 5.87. The lowest BCUT2D eigenvalue weighted by atomic mass is 10.1. The molecule has 1 aliphatic rings. The molecular weight excluding hydrogens is 558 g/mol. The molecule has 0 spiro atoms. The van der Waals surface area contributed by atoms with Gasteiger partial charge >= 0.3 is 5.97 Å². The van der Waals surface area contributed by atoms with Gasteiger partial charge in [0.15, 0.2) is 5.82 Å². The summed E-state index contributed by atoms with van der Waals surface area (Å²) >= 11 is 0. The van der Waals surface area contributed by atoms with E-state index in [4.69, 9.17) is 9.72 Å². The van der Waals surface area contributed by atoms with Crippen molar-refractivity contribution < 1.29 is 23.4 Å². The van der Waals surface area contributed by atoms with Crippen LogP contribution in [0.3, 0.4) is 0 Å². The van der Waals surface area contributed by atoms with Gasteiger partial charge in [-0.25, -0.2) is 28.5 Å². The number of unbranched alkanes of at least 4 members (excludes halogenated alkanes) is 1. The van der Waals surface area contributed by atoms with Crippen LogP contribution in [0.25, 0.3) is 11.0 Å². The summed E-state index contributed by atoms with van der Waals surface area (Å²) in [6.07, 6.45) is 8.00. The molecular formula is C30H36F2N8O3. The van der Waals surface area contributed by atoms with Gasteiger partial charge in [-0.05, 0) is 56.7 Å². The molecule has 0 amide bonds. The standard InChI is InChI=1S/C30H36F2N8O3/c1-39-27-26(18-36-39)34-19-35-29(27)38-25(30(41)42)9-12-40(13-14-43-24-16-21(31)15-22(32)17-24)11-3-2-6-23-8-7-20-5-4-10-33-28(20)37-23/h7-8,15-19,25H,2-6,9-14H2,1H3,(H,33,37)(H,41,42)(H,34,35,38). The third kappa shape index (κ3) is 8.13. The molecule has 3 N–H and O–H groups in total. The number of aromatic nitrogens is 5. The number of benzene rings is 1. The van der Waals surface area contributed by atoms with E-state index in [1.165, 1.54) is 11.9 Å². The maximum atomic E-state index is 13.6. The summed E-state index contributed by atoms with van der Waals surface area (Å²) < 4.78 is 34.4. The van der Waals surface area contributed by atoms with Crippen molar-refractivity contribution in [2.24, 2.45) is 7.05 Å². The molecule has 0 saturated carbocycles. The zero-order valence-electron chi connectivity index (χ0n) is 24.1. The largest absolute Gasteiger partial charge is 0.492 e. The van der Waals surface area contributed by atoms with Gasteiger partial charge in [-0.1, -0.05) is 6.07 Å². The van der Waals surface area contributed by atoms with Crippen LogP contribution in [0.5, 0.6) is 5.75 Å². The number of nitrogens with one attached hydrogen (secondary N) is 2. The van der Waals surface area contributed by atoms with Crippen molar-refractivity contribution in [1.82, 2.24) is 29.6 Å². The molecule has 228 valence electrons. The number of hydrogen-bond acceptors (Lipinski definition) is 9. The number of ether oxygens (including phenoxy) is 1. The fraction of sp³-hybridized carbons (Fsp3) is 0.433. The predicted octanol–water partition coefficient (Wildman–Crippen LogP) is 4.05. The van der Waals surface area contributed by atoms with Gasteiger partial charge in [0.05, 0.1) is 6.20 Å². The number of aliphatic carboxylic acids is 1. The van der Waals surface area contributed by atoms with E-state index < -0.39 is 23.6 Å². The molecule has 0 fully saturated rings. The van der Waals surface area contributed by atoms with Crippen molar-refractivity contribution >= 4 is 28.6 Å². The van der Waals surface area contributed by atoms with Crippen molar-refractivity contribution in [2.45, 2.75) is 44.6 Å². The van der Waals surface area contributed by atoms with Gasteiger partial charge in [-0.3, -0.25) is 9.58 Å². The highest BCUT2D eigenvalue weighted by atomic mass is 19.1. The molecule has 1 aliphatic heterocycles. The van der Waals surface area contributed by atoms with Gasteiger partial charge in [-0.2, -0.15) is 5.10 Å². The Hall–Kier alpha value is -4.39. The molecule has 5 rings (SSSR count). The first-order valence-electron chi connectivity index (χ1n) is 14.5. The zero-order valence-corrected chi connectivity index (χ0v) is 24.1. The second kappa shape index (κ2) is 14.2. The van der Waals surface area contributed by atoms with Crippen LogP contribution in [0.4, 0.5) is 20.4 Å². The summed E-state index contributed by atoms with van der Waals surface area (Å²) in [7, 11) is 1.75. The highest BCUT2D eigenvalue weighted by Crippen LogP contribution is 2.21. The minimum atomic E-state index is -1.01. The Bertz CT molecular complexity index is 1530. The Morgan fingerprint density at radius 1 is 1.16 bits per heavy atom. The molecule has 0 aliphatic carbocycles. The monoisotopic (exact) mass is 594 g/mol. The van der Waals surface area contributed by atoms with Crippen LogP contribution in [0.2, 0.25) is 0 Å². The number of fused-ring (bicyclic) bond motifs is 2. The Morgan fingerprint density at radius 3 is 2.81 bits per heavy atom. The van der Waals surface area contributed by atoms with Crippen molar-refractivity contribution in [2.75, 3.05) is 43.4 Å². The number of carboxylic acid groups (broad SMARTS) is 1. The average molecular weight is 595 g/mol. The minimum absolute atomic E-state index is 0.110. The van der Waals surface area contributed by atoms with Crippen LogP contribution >= 0.6 is 0 Å². The molecule has 4 heterocycles. The van der Waals surface area contributed by atoms with Gasteiger partial charge in [0.25, 0.3) is 0 Å². The molecule has 1 unspecified atom stereocenters. The van der Waals surface area contributed by atoms with E-state index in [2.05, 4.69) is 42.7 Å². The highest BCUT2D eigenvalue weighted by Gasteiger charge is 2.21. The molecule has 3 aromatic heterocycles. The summed E-state index contributed by atoms with van der Waals surface area (Å²) in [6, 6.07) is 6.39. The normalized spacial score (nSPS) is 13.5. The minimum Gasteiger partial charge on any atom is -0.492 e. The molecule has 0 saturated heterocycles. The third-order valence-electron chi connectivity index (χ3n) is 7.49. The maximum Gasteiger partial charge on any atom is 0.326 e. The number of rotatable bonds is 15. The van der Waals surface area contributed by atoms with E-state index in [9.17, 15) is 18.7 Å². The summed E-state index contributed by atoms with van der Waals surface area (Å²) in [4.78, 5) is 27.5. The molecule has 11 nitrogen and oxygen atoms in total. The number of pyridine rings is 1. The lowest BCUT2D eigenvalue weighted by molar-refractivity contribution is -0.138.